The van der Waals surface area contributed by atoms with E-state index in [2.05, 4.69) is 10.6 Å². The van der Waals surface area contributed by atoms with Crippen LogP contribution in [0.2, 0.25) is 5.02 Å². The molecule has 0 aromatic heterocycles. The molecule has 0 atom stereocenters. The zero-order chi connectivity index (χ0) is 19.9. The van der Waals surface area contributed by atoms with Crippen molar-refractivity contribution in [3.8, 4) is 5.75 Å². The molecule has 0 aliphatic heterocycles. The molecule has 1 amide bonds. The van der Waals surface area contributed by atoms with Crippen molar-refractivity contribution in [2.75, 3.05) is 17.2 Å². The van der Waals surface area contributed by atoms with Gasteiger partial charge in [0.15, 0.2) is 6.61 Å². The highest BCUT2D eigenvalue weighted by Crippen LogP contribution is 2.21. The summed E-state index contributed by atoms with van der Waals surface area (Å²) in [5.74, 6) is -0.0857. The Morgan fingerprint density at radius 3 is 2.64 bits per heavy atom. The fourth-order valence-corrected chi connectivity index (χ4v) is 2.80. The molecule has 3 aromatic carbocycles. The maximum atomic E-state index is 13.2. The van der Waals surface area contributed by atoms with Crippen molar-refractivity contribution in [2.24, 2.45) is 0 Å². The second-order valence-electron chi connectivity index (χ2n) is 6.34. The zero-order valence-corrected chi connectivity index (χ0v) is 16.1. The minimum atomic E-state index is -0.452. The maximum absolute atomic E-state index is 13.2. The monoisotopic (exact) mass is 398 g/mol. The Labute approximate surface area is 168 Å². The maximum Gasteiger partial charge on any atom is 0.262 e. The molecule has 28 heavy (non-hydrogen) atoms. The topological polar surface area (TPSA) is 50.4 Å². The lowest BCUT2D eigenvalue weighted by Crippen LogP contribution is -2.20. The summed E-state index contributed by atoms with van der Waals surface area (Å²) in [4.78, 5) is 12.1. The van der Waals surface area contributed by atoms with Crippen LogP contribution in [0.15, 0.2) is 66.7 Å². The fourth-order valence-electron chi connectivity index (χ4n) is 2.62. The second-order valence-corrected chi connectivity index (χ2v) is 6.74. The highest BCUT2D eigenvalue weighted by molar-refractivity contribution is 6.31. The summed E-state index contributed by atoms with van der Waals surface area (Å²) >= 11 is 5.79. The SMILES string of the molecule is Cc1cccc(NC(=O)COc2cccc(CNc3ccc(F)c(Cl)c3)c2)c1. The molecule has 0 bridgehead atoms. The van der Waals surface area contributed by atoms with Gasteiger partial charge in [-0.05, 0) is 60.5 Å². The molecule has 6 heteroatoms. The number of carbonyl (C=O) groups is 1. The van der Waals surface area contributed by atoms with Crippen molar-refractivity contribution in [1.29, 1.82) is 0 Å². The number of hydrogen-bond donors (Lipinski definition) is 2. The Bertz CT molecular complexity index is 978. The lowest BCUT2D eigenvalue weighted by Gasteiger charge is -2.10. The lowest BCUT2D eigenvalue weighted by molar-refractivity contribution is -0.118. The quantitative estimate of drug-likeness (QED) is 0.559. The molecule has 0 radical (unpaired) electrons. The number of benzene rings is 3. The van der Waals surface area contributed by atoms with Crippen LogP contribution >= 0.6 is 11.6 Å². The molecule has 0 fully saturated rings. The molecule has 4 nitrogen and oxygen atoms in total. The average molecular weight is 399 g/mol. The number of ether oxygens (including phenoxy) is 1. The van der Waals surface area contributed by atoms with Crippen LogP contribution < -0.4 is 15.4 Å². The highest BCUT2D eigenvalue weighted by atomic mass is 35.5. The summed E-state index contributed by atoms with van der Waals surface area (Å²) < 4.78 is 18.8. The highest BCUT2D eigenvalue weighted by Gasteiger charge is 2.05. The molecule has 0 spiro atoms. The number of amides is 1. The van der Waals surface area contributed by atoms with Crippen LogP contribution in [-0.2, 0) is 11.3 Å². The van der Waals surface area contributed by atoms with E-state index in [0.717, 1.165) is 22.5 Å². The van der Waals surface area contributed by atoms with Crippen molar-refractivity contribution in [3.63, 3.8) is 0 Å². The predicted molar refractivity (Wildman–Crippen MR) is 110 cm³/mol. The van der Waals surface area contributed by atoms with Crippen molar-refractivity contribution >= 4 is 28.9 Å². The molecular weight excluding hydrogens is 379 g/mol. The van der Waals surface area contributed by atoms with Gasteiger partial charge in [0.2, 0.25) is 0 Å². The molecular formula is C22H20ClFN2O2. The van der Waals surface area contributed by atoms with E-state index in [1.807, 2.05) is 49.4 Å². The first-order valence-corrected chi connectivity index (χ1v) is 9.14. The summed E-state index contributed by atoms with van der Waals surface area (Å²) in [5.41, 5.74) is 3.48. The van der Waals surface area contributed by atoms with E-state index < -0.39 is 5.82 Å². The Morgan fingerprint density at radius 1 is 1.04 bits per heavy atom. The summed E-state index contributed by atoms with van der Waals surface area (Å²) in [7, 11) is 0. The van der Waals surface area contributed by atoms with Gasteiger partial charge in [0.25, 0.3) is 5.91 Å². The molecule has 3 rings (SSSR count). The molecule has 0 saturated carbocycles. The predicted octanol–water partition coefficient (Wildman–Crippen LogP) is 5.42. The van der Waals surface area contributed by atoms with Crippen molar-refractivity contribution in [3.05, 3.63) is 88.7 Å². The number of hydrogen-bond acceptors (Lipinski definition) is 3. The first-order valence-electron chi connectivity index (χ1n) is 8.77. The Hall–Kier alpha value is -3.05. The van der Waals surface area contributed by atoms with Crippen LogP contribution in [0, 0.1) is 12.7 Å². The van der Waals surface area contributed by atoms with Crippen molar-refractivity contribution in [2.45, 2.75) is 13.5 Å². The van der Waals surface area contributed by atoms with E-state index in [4.69, 9.17) is 16.3 Å². The molecule has 2 N–H and O–H groups in total. The van der Waals surface area contributed by atoms with Crippen LogP contribution in [0.5, 0.6) is 5.75 Å². The van der Waals surface area contributed by atoms with Crippen LogP contribution in [0.4, 0.5) is 15.8 Å². The molecule has 0 unspecified atom stereocenters. The second kappa shape index (κ2) is 9.24. The summed E-state index contributed by atoms with van der Waals surface area (Å²) in [5, 5.41) is 6.05. The lowest BCUT2D eigenvalue weighted by atomic mass is 10.2. The molecule has 0 saturated heterocycles. The van der Waals surface area contributed by atoms with Gasteiger partial charge in [0.1, 0.15) is 11.6 Å². The van der Waals surface area contributed by atoms with E-state index in [-0.39, 0.29) is 17.5 Å². The number of aryl methyl sites for hydroxylation is 1. The number of halogens is 2. The average Bonchev–Trinajstić information content (AvgIpc) is 2.68. The van der Waals surface area contributed by atoms with Gasteiger partial charge in [-0.2, -0.15) is 0 Å². The smallest absolute Gasteiger partial charge is 0.262 e. The van der Waals surface area contributed by atoms with Crippen LogP contribution in [0.25, 0.3) is 0 Å². The van der Waals surface area contributed by atoms with Crippen LogP contribution in [0.3, 0.4) is 0 Å². The van der Waals surface area contributed by atoms with Gasteiger partial charge in [-0.3, -0.25) is 4.79 Å². The third kappa shape index (κ3) is 5.72. The van der Waals surface area contributed by atoms with E-state index in [1.165, 1.54) is 12.1 Å². The third-order valence-electron chi connectivity index (χ3n) is 3.99. The number of anilines is 2. The number of rotatable bonds is 7. The van der Waals surface area contributed by atoms with Crippen LogP contribution in [-0.4, -0.2) is 12.5 Å². The Balaban J connectivity index is 1.52. The standard InChI is InChI=1S/C22H20ClFN2O2/c1-15-4-2-6-18(10-15)26-22(27)14-28-19-7-3-5-16(11-19)13-25-17-8-9-21(24)20(23)12-17/h2-12,25H,13-14H2,1H3,(H,26,27). The third-order valence-corrected chi connectivity index (χ3v) is 4.28. The largest absolute Gasteiger partial charge is 0.484 e. The molecule has 0 heterocycles. The minimum absolute atomic E-state index is 0.0710. The van der Waals surface area contributed by atoms with Crippen molar-refractivity contribution < 1.29 is 13.9 Å². The van der Waals surface area contributed by atoms with E-state index >= 15 is 0 Å². The van der Waals surface area contributed by atoms with Crippen molar-refractivity contribution in [1.82, 2.24) is 0 Å². The first-order chi connectivity index (χ1) is 13.5. The van der Waals surface area contributed by atoms with E-state index in [1.54, 1.807) is 12.1 Å². The normalized spacial score (nSPS) is 10.4. The minimum Gasteiger partial charge on any atom is -0.484 e. The number of nitrogens with one attached hydrogen (secondary N) is 2. The summed E-state index contributed by atoms with van der Waals surface area (Å²) in [6.45, 7) is 2.39. The van der Waals surface area contributed by atoms with Gasteiger partial charge < -0.3 is 15.4 Å². The zero-order valence-electron chi connectivity index (χ0n) is 15.3. The fraction of sp³-hybridized carbons (Fsp3) is 0.136. The first kappa shape index (κ1) is 19.7. The Morgan fingerprint density at radius 2 is 1.86 bits per heavy atom. The molecule has 3 aromatic rings. The number of carbonyl (C=O) groups excluding carboxylic acids is 1. The van der Waals surface area contributed by atoms with Gasteiger partial charge in [-0.15, -0.1) is 0 Å². The summed E-state index contributed by atoms with van der Waals surface area (Å²) in [6, 6.07) is 19.5. The molecule has 144 valence electrons. The van der Waals surface area contributed by atoms with Gasteiger partial charge in [-0.25, -0.2) is 4.39 Å². The van der Waals surface area contributed by atoms with Gasteiger partial charge in [0.05, 0.1) is 5.02 Å². The van der Waals surface area contributed by atoms with Gasteiger partial charge in [0, 0.05) is 17.9 Å². The van der Waals surface area contributed by atoms with E-state index in [9.17, 15) is 9.18 Å². The van der Waals surface area contributed by atoms with Crippen LogP contribution in [0.1, 0.15) is 11.1 Å². The Kier molecular flexibility index (Phi) is 6.50. The van der Waals surface area contributed by atoms with Gasteiger partial charge >= 0.3 is 0 Å². The molecule has 0 aliphatic rings. The molecule has 0 aliphatic carbocycles. The summed E-state index contributed by atoms with van der Waals surface area (Å²) in [6.07, 6.45) is 0. The van der Waals surface area contributed by atoms with Gasteiger partial charge in [-0.1, -0.05) is 35.9 Å². The van der Waals surface area contributed by atoms with E-state index in [0.29, 0.717) is 12.3 Å².